The highest BCUT2D eigenvalue weighted by molar-refractivity contribution is 5.80. The maximum absolute atomic E-state index is 10.5. The maximum Gasteiger partial charge on any atom is 0.158 e. The summed E-state index contributed by atoms with van der Waals surface area (Å²) in [4.78, 5) is 13.1. The number of nitrogens with zero attached hydrogens (tertiary/aromatic N) is 1. The van der Waals surface area contributed by atoms with Crippen LogP contribution in [0.2, 0.25) is 0 Å². The Morgan fingerprint density at radius 3 is 2.00 bits per heavy atom. The van der Waals surface area contributed by atoms with Crippen molar-refractivity contribution in [1.29, 1.82) is 0 Å². The molecule has 2 fully saturated rings. The SMILES string of the molecule is CC.CC.CC(=O)C1CCCO1.CCCCN1CCCCC1. The van der Waals surface area contributed by atoms with Gasteiger partial charge in [0, 0.05) is 6.61 Å². The van der Waals surface area contributed by atoms with Crippen molar-refractivity contribution in [3.63, 3.8) is 0 Å². The van der Waals surface area contributed by atoms with Crippen molar-refractivity contribution in [2.75, 3.05) is 26.2 Å². The molecule has 0 aromatic rings. The van der Waals surface area contributed by atoms with Gasteiger partial charge in [-0.05, 0) is 58.7 Å². The fourth-order valence-electron chi connectivity index (χ4n) is 2.46. The Labute approximate surface area is 139 Å². The second-order valence-electron chi connectivity index (χ2n) is 5.37. The number of ether oxygens (including phenoxy) is 1. The van der Waals surface area contributed by atoms with E-state index in [-0.39, 0.29) is 11.9 Å². The van der Waals surface area contributed by atoms with Crippen LogP contribution in [0.3, 0.4) is 0 Å². The maximum atomic E-state index is 10.5. The van der Waals surface area contributed by atoms with E-state index >= 15 is 0 Å². The predicted molar refractivity (Wildman–Crippen MR) is 97.6 cm³/mol. The van der Waals surface area contributed by atoms with Crippen molar-refractivity contribution >= 4 is 5.78 Å². The number of carbonyl (C=O) groups excluding carboxylic acids is 1. The first-order chi connectivity index (χ1) is 10.7. The van der Waals surface area contributed by atoms with Crippen LogP contribution in [0.5, 0.6) is 0 Å². The number of piperidine rings is 1. The first-order valence-electron chi connectivity index (χ1n) is 9.58. The minimum Gasteiger partial charge on any atom is -0.370 e. The van der Waals surface area contributed by atoms with Gasteiger partial charge in [-0.3, -0.25) is 4.79 Å². The molecule has 2 aliphatic heterocycles. The molecule has 2 aliphatic rings. The molecule has 1 unspecified atom stereocenters. The lowest BCUT2D eigenvalue weighted by Crippen LogP contribution is -2.30. The lowest BCUT2D eigenvalue weighted by molar-refractivity contribution is -0.125. The summed E-state index contributed by atoms with van der Waals surface area (Å²) in [7, 11) is 0. The average Bonchev–Trinajstić information content (AvgIpc) is 3.13. The summed E-state index contributed by atoms with van der Waals surface area (Å²) < 4.78 is 5.06. The van der Waals surface area contributed by atoms with Crippen molar-refractivity contribution in [2.45, 2.75) is 92.6 Å². The van der Waals surface area contributed by atoms with Crippen LogP contribution in [-0.2, 0) is 9.53 Å². The van der Waals surface area contributed by atoms with Crippen LogP contribution in [-0.4, -0.2) is 43.0 Å². The van der Waals surface area contributed by atoms with Gasteiger partial charge in [0.2, 0.25) is 0 Å². The molecule has 2 heterocycles. The lowest BCUT2D eigenvalue weighted by Gasteiger charge is -2.25. The number of hydrogen-bond donors (Lipinski definition) is 0. The van der Waals surface area contributed by atoms with Gasteiger partial charge in [-0.2, -0.15) is 0 Å². The van der Waals surface area contributed by atoms with E-state index in [9.17, 15) is 4.79 Å². The summed E-state index contributed by atoms with van der Waals surface area (Å²) in [6.07, 6.45) is 8.96. The Morgan fingerprint density at radius 2 is 1.64 bits per heavy atom. The molecule has 2 saturated heterocycles. The molecule has 3 heteroatoms. The van der Waals surface area contributed by atoms with E-state index < -0.39 is 0 Å². The third-order valence-corrected chi connectivity index (χ3v) is 3.66. The zero-order chi connectivity index (χ0) is 17.2. The Balaban J connectivity index is 0. The molecular weight excluding hydrogens is 274 g/mol. The summed E-state index contributed by atoms with van der Waals surface area (Å²) >= 11 is 0. The summed E-state index contributed by atoms with van der Waals surface area (Å²) in [6.45, 7) is 16.7. The highest BCUT2D eigenvalue weighted by Crippen LogP contribution is 2.11. The molecule has 2 rings (SSSR count). The molecule has 0 bridgehead atoms. The molecule has 0 aliphatic carbocycles. The van der Waals surface area contributed by atoms with Crippen LogP contribution in [0.15, 0.2) is 0 Å². The van der Waals surface area contributed by atoms with Gasteiger partial charge >= 0.3 is 0 Å². The van der Waals surface area contributed by atoms with E-state index in [0.717, 1.165) is 19.4 Å². The largest absolute Gasteiger partial charge is 0.370 e. The number of hydrogen-bond acceptors (Lipinski definition) is 3. The van der Waals surface area contributed by atoms with E-state index in [0.29, 0.717) is 0 Å². The van der Waals surface area contributed by atoms with E-state index in [2.05, 4.69) is 11.8 Å². The number of Topliss-reactive ketones (excluding diaryl/α,β-unsaturated/α-hetero) is 1. The molecule has 0 spiro atoms. The number of rotatable bonds is 4. The molecule has 0 saturated carbocycles. The Morgan fingerprint density at radius 1 is 1.05 bits per heavy atom. The third kappa shape index (κ3) is 13.3. The minimum atomic E-state index is -0.0741. The molecular formula is C19H41NO2. The summed E-state index contributed by atoms with van der Waals surface area (Å²) in [5, 5.41) is 0. The van der Waals surface area contributed by atoms with E-state index in [1.807, 2.05) is 27.7 Å². The summed E-state index contributed by atoms with van der Waals surface area (Å²) in [6, 6.07) is 0. The van der Waals surface area contributed by atoms with Crippen LogP contribution in [0.4, 0.5) is 0 Å². The van der Waals surface area contributed by atoms with Crippen molar-refractivity contribution in [3.05, 3.63) is 0 Å². The quantitative estimate of drug-likeness (QED) is 0.724. The van der Waals surface area contributed by atoms with Crippen LogP contribution in [0.1, 0.15) is 86.5 Å². The standard InChI is InChI=1S/C9H19N.C6H10O2.2C2H6/c1-2-3-7-10-8-5-4-6-9-10;1-5(7)6-3-2-4-8-6;2*1-2/h2-9H2,1H3;6H,2-4H2,1H3;2*1-2H3. The minimum absolute atomic E-state index is 0.0741. The van der Waals surface area contributed by atoms with Gasteiger partial charge in [0.05, 0.1) is 0 Å². The van der Waals surface area contributed by atoms with Crippen molar-refractivity contribution in [1.82, 2.24) is 4.90 Å². The molecule has 0 N–H and O–H groups in total. The van der Waals surface area contributed by atoms with Crippen LogP contribution in [0.25, 0.3) is 0 Å². The molecule has 22 heavy (non-hydrogen) atoms. The molecule has 0 amide bonds. The number of carbonyl (C=O) groups is 1. The van der Waals surface area contributed by atoms with Crippen LogP contribution < -0.4 is 0 Å². The lowest BCUT2D eigenvalue weighted by atomic mass is 10.1. The molecule has 0 aromatic heterocycles. The molecule has 0 radical (unpaired) electrons. The van der Waals surface area contributed by atoms with Gasteiger partial charge in [0.1, 0.15) is 6.10 Å². The summed E-state index contributed by atoms with van der Waals surface area (Å²) in [5.74, 6) is 0.169. The van der Waals surface area contributed by atoms with E-state index in [1.165, 1.54) is 51.7 Å². The third-order valence-electron chi connectivity index (χ3n) is 3.66. The summed E-state index contributed by atoms with van der Waals surface area (Å²) in [5.41, 5.74) is 0. The van der Waals surface area contributed by atoms with E-state index in [1.54, 1.807) is 6.92 Å². The fraction of sp³-hybridized carbons (Fsp3) is 0.947. The second kappa shape index (κ2) is 18.6. The normalized spacial score (nSPS) is 20.5. The highest BCUT2D eigenvalue weighted by atomic mass is 16.5. The van der Waals surface area contributed by atoms with Gasteiger partial charge in [-0.25, -0.2) is 0 Å². The average molecular weight is 316 g/mol. The second-order valence-corrected chi connectivity index (χ2v) is 5.37. The predicted octanol–water partition coefficient (Wildman–Crippen LogP) is 5.08. The fourth-order valence-corrected chi connectivity index (χ4v) is 2.46. The monoisotopic (exact) mass is 315 g/mol. The Kier molecular flexibility index (Phi) is 20.2. The van der Waals surface area contributed by atoms with Crippen LogP contribution >= 0.6 is 0 Å². The van der Waals surface area contributed by atoms with Crippen molar-refractivity contribution in [2.24, 2.45) is 0 Å². The topological polar surface area (TPSA) is 29.5 Å². The Hall–Kier alpha value is -0.410. The van der Waals surface area contributed by atoms with Gasteiger partial charge in [-0.15, -0.1) is 0 Å². The zero-order valence-corrected chi connectivity index (χ0v) is 16.1. The van der Waals surface area contributed by atoms with Gasteiger partial charge in [0.15, 0.2) is 5.78 Å². The number of ketones is 1. The molecule has 134 valence electrons. The Bertz CT molecular complexity index is 219. The van der Waals surface area contributed by atoms with E-state index in [4.69, 9.17) is 4.74 Å². The molecule has 0 aromatic carbocycles. The first kappa shape index (κ1) is 23.9. The molecule has 3 nitrogen and oxygen atoms in total. The highest BCUT2D eigenvalue weighted by Gasteiger charge is 2.18. The van der Waals surface area contributed by atoms with Gasteiger partial charge < -0.3 is 9.64 Å². The first-order valence-corrected chi connectivity index (χ1v) is 9.58. The zero-order valence-electron chi connectivity index (χ0n) is 16.1. The van der Waals surface area contributed by atoms with Gasteiger partial charge in [-0.1, -0.05) is 47.5 Å². The number of likely N-dealkylation sites (tertiary alicyclic amines) is 1. The van der Waals surface area contributed by atoms with Crippen LogP contribution in [0, 0.1) is 0 Å². The van der Waals surface area contributed by atoms with Crippen molar-refractivity contribution in [3.8, 4) is 0 Å². The van der Waals surface area contributed by atoms with Crippen molar-refractivity contribution < 1.29 is 9.53 Å². The number of unbranched alkanes of at least 4 members (excludes halogenated alkanes) is 1. The van der Waals surface area contributed by atoms with Gasteiger partial charge in [0.25, 0.3) is 0 Å². The molecule has 1 atom stereocenters. The smallest absolute Gasteiger partial charge is 0.158 e.